The average molecular weight is 389 g/mol. The molecule has 0 radical (unpaired) electrons. The van der Waals surface area contributed by atoms with Gasteiger partial charge in [0, 0.05) is 5.57 Å². The number of ether oxygens (including phenoxy) is 1. The minimum atomic E-state index is 0.515. The first-order valence-electron chi connectivity index (χ1n) is 11.5. The maximum atomic E-state index is 6.06. The van der Waals surface area contributed by atoms with Crippen molar-refractivity contribution >= 4 is 5.57 Å². The van der Waals surface area contributed by atoms with Crippen LogP contribution in [0.3, 0.4) is 0 Å². The molecule has 2 aliphatic rings. The summed E-state index contributed by atoms with van der Waals surface area (Å²) in [7, 11) is 0. The number of benzene rings is 1. The molecule has 3 rings (SSSR count). The molecule has 0 N–H and O–H groups in total. The third kappa shape index (κ3) is 6.40. The van der Waals surface area contributed by atoms with Crippen molar-refractivity contribution in [2.45, 2.75) is 78.7 Å². The molecule has 1 heteroatoms. The standard InChI is InChI=1S/C28H36O/c1-4-8-23-9-6-11-26(16-13-23)27-17-14-24(15-18-27)21-29-28-12-7-10-25(19-20-28)22(3)5-2/h11,14-15,17-20,22-23H,4-6,8-9,12-13,16,21H2,1-3H3. The lowest BCUT2D eigenvalue weighted by atomic mass is 9.93. The Balaban J connectivity index is 1.55. The minimum Gasteiger partial charge on any atom is -0.492 e. The third-order valence-corrected chi connectivity index (χ3v) is 6.32. The predicted molar refractivity (Wildman–Crippen MR) is 124 cm³/mol. The molecule has 2 atom stereocenters. The zero-order chi connectivity index (χ0) is 20.5. The third-order valence-electron chi connectivity index (χ3n) is 6.32. The van der Waals surface area contributed by atoms with Gasteiger partial charge in [-0.15, -0.1) is 0 Å². The molecule has 0 amide bonds. The van der Waals surface area contributed by atoms with Crippen molar-refractivity contribution in [1.82, 2.24) is 0 Å². The average Bonchev–Trinajstić information content (AvgIpc) is 3.13. The summed E-state index contributed by atoms with van der Waals surface area (Å²) < 4.78 is 6.06. The molecule has 0 spiro atoms. The molecule has 29 heavy (non-hydrogen) atoms. The fourth-order valence-electron chi connectivity index (χ4n) is 4.17. The highest BCUT2D eigenvalue weighted by atomic mass is 16.5. The lowest BCUT2D eigenvalue weighted by molar-refractivity contribution is 0.195. The SMILES string of the molecule is CCCC1CCC=C(c2ccc(COC3=CC=C(C(C)CC)C#CC3)cc2)CC1. The second-order valence-electron chi connectivity index (χ2n) is 8.53. The van der Waals surface area contributed by atoms with E-state index in [1.54, 1.807) is 0 Å². The van der Waals surface area contributed by atoms with Gasteiger partial charge >= 0.3 is 0 Å². The Bertz CT molecular complexity index is 810. The molecule has 2 aliphatic carbocycles. The molecule has 1 aromatic carbocycles. The maximum absolute atomic E-state index is 6.06. The summed E-state index contributed by atoms with van der Waals surface area (Å²) in [6, 6.07) is 8.97. The minimum absolute atomic E-state index is 0.515. The molecule has 2 unspecified atom stereocenters. The molecule has 0 saturated carbocycles. The van der Waals surface area contributed by atoms with Crippen molar-refractivity contribution in [3.8, 4) is 11.8 Å². The lowest BCUT2D eigenvalue weighted by Gasteiger charge is -2.13. The molecule has 0 fully saturated rings. The fourth-order valence-corrected chi connectivity index (χ4v) is 4.17. The molecule has 0 aliphatic heterocycles. The van der Waals surface area contributed by atoms with E-state index in [1.165, 1.54) is 60.8 Å². The monoisotopic (exact) mass is 388 g/mol. The van der Waals surface area contributed by atoms with Crippen LogP contribution in [-0.4, -0.2) is 0 Å². The second kappa shape index (κ2) is 11.1. The largest absolute Gasteiger partial charge is 0.492 e. The van der Waals surface area contributed by atoms with Crippen molar-refractivity contribution in [1.29, 1.82) is 0 Å². The first-order valence-corrected chi connectivity index (χ1v) is 11.5. The number of hydrogen-bond donors (Lipinski definition) is 0. The van der Waals surface area contributed by atoms with Gasteiger partial charge in [-0.25, -0.2) is 0 Å². The van der Waals surface area contributed by atoms with Gasteiger partial charge in [0.1, 0.15) is 12.4 Å². The molecule has 0 saturated heterocycles. The molecule has 1 nitrogen and oxygen atoms in total. The Labute approximate surface area is 177 Å². The van der Waals surface area contributed by atoms with Crippen LogP contribution in [0, 0.1) is 23.7 Å². The van der Waals surface area contributed by atoms with Gasteiger partial charge in [-0.2, -0.15) is 0 Å². The highest BCUT2D eigenvalue weighted by Gasteiger charge is 2.13. The van der Waals surface area contributed by atoms with Gasteiger partial charge in [0.2, 0.25) is 0 Å². The Morgan fingerprint density at radius 2 is 1.93 bits per heavy atom. The van der Waals surface area contributed by atoms with Crippen molar-refractivity contribution in [2.75, 3.05) is 0 Å². The highest BCUT2D eigenvalue weighted by molar-refractivity contribution is 5.66. The first kappa shape index (κ1) is 21.5. The summed E-state index contributed by atoms with van der Waals surface area (Å²) in [6.45, 7) is 7.35. The van der Waals surface area contributed by atoms with E-state index in [1.807, 2.05) is 0 Å². The van der Waals surface area contributed by atoms with Crippen molar-refractivity contribution in [3.63, 3.8) is 0 Å². The smallest absolute Gasteiger partial charge is 0.113 e. The molecular formula is C28H36O. The van der Waals surface area contributed by atoms with Crippen molar-refractivity contribution in [2.24, 2.45) is 11.8 Å². The van der Waals surface area contributed by atoms with E-state index in [2.05, 4.69) is 75.1 Å². The molecular weight excluding hydrogens is 352 g/mol. The zero-order valence-corrected chi connectivity index (χ0v) is 18.5. The van der Waals surface area contributed by atoms with Crippen LogP contribution in [-0.2, 0) is 11.3 Å². The summed E-state index contributed by atoms with van der Waals surface area (Å²) in [5.74, 6) is 8.93. The molecule has 0 bridgehead atoms. The van der Waals surface area contributed by atoms with E-state index >= 15 is 0 Å². The Kier molecular flexibility index (Phi) is 8.24. The summed E-state index contributed by atoms with van der Waals surface area (Å²) in [4.78, 5) is 0. The van der Waals surface area contributed by atoms with E-state index in [9.17, 15) is 0 Å². The van der Waals surface area contributed by atoms with Crippen LogP contribution in [0.2, 0.25) is 0 Å². The number of allylic oxidation sites excluding steroid dienone is 6. The van der Waals surface area contributed by atoms with Crippen LogP contribution in [0.4, 0.5) is 0 Å². The van der Waals surface area contributed by atoms with Crippen LogP contribution in [0.5, 0.6) is 0 Å². The van der Waals surface area contributed by atoms with Gasteiger partial charge in [-0.1, -0.05) is 75.8 Å². The van der Waals surface area contributed by atoms with Gasteiger partial charge in [0.25, 0.3) is 0 Å². The van der Waals surface area contributed by atoms with Crippen LogP contribution in [0.1, 0.15) is 83.3 Å². The lowest BCUT2D eigenvalue weighted by Crippen LogP contribution is -1.98. The summed E-state index contributed by atoms with van der Waals surface area (Å²) in [5, 5.41) is 0. The molecule has 154 valence electrons. The summed E-state index contributed by atoms with van der Waals surface area (Å²) in [5.41, 5.74) is 5.34. The topological polar surface area (TPSA) is 9.23 Å². The normalized spacial score (nSPS) is 20.2. The first-order chi connectivity index (χ1) is 14.2. The van der Waals surface area contributed by atoms with E-state index in [0.29, 0.717) is 18.9 Å². The predicted octanol–water partition coefficient (Wildman–Crippen LogP) is 7.84. The van der Waals surface area contributed by atoms with E-state index in [0.717, 1.165) is 18.1 Å². The van der Waals surface area contributed by atoms with Crippen molar-refractivity contribution < 1.29 is 4.74 Å². The number of rotatable bonds is 8. The number of hydrogen-bond acceptors (Lipinski definition) is 1. The zero-order valence-electron chi connectivity index (χ0n) is 18.5. The van der Waals surface area contributed by atoms with Gasteiger partial charge in [-0.05, 0) is 72.8 Å². The van der Waals surface area contributed by atoms with Gasteiger partial charge in [0.15, 0.2) is 0 Å². The Morgan fingerprint density at radius 1 is 1.10 bits per heavy atom. The quantitative estimate of drug-likeness (QED) is 0.412. The van der Waals surface area contributed by atoms with E-state index < -0.39 is 0 Å². The maximum Gasteiger partial charge on any atom is 0.113 e. The van der Waals surface area contributed by atoms with Crippen LogP contribution < -0.4 is 0 Å². The van der Waals surface area contributed by atoms with Crippen LogP contribution in [0.15, 0.2) is 53.8 Å². The van der Waals surface area contributed by atoms with Gasteiger partial charge < -0.3 is 4.74 Å². The Morgan fingerprint density at radius 3 is 2.69 bits per heavy atom. The Hall–Kier alpha value is -2.20. The molecule has 0 heterocycles. The summed E-state index contributed by atoms with van der Waals surface area (Å²) >= 11 is 0. The molecule has 1 aromatic rings. The van der Waals surface area contributed by atoms with E-state index in [4.69, 9.17) is 4.74 Å². The van der Waals surface area contributed by atoms with Gasteiger partial charge in [0.05, 0.1) is 6.42 Å². The molecule has 0 aromatic heterocycles. The highest BCUT2D eigenvalue weighted by Crippen LogP contribution is 2.31. The van der Waals surface area contributed by atoms with Gasteiger partial charge in [-0.3, -0.25) is 0 Å². The van der Waals surface area contributed by atoms with Crippen LogP contribution in [0.25, 0.3) is 5.57 Å². The van der Waals surface area contributed by atoms with Crippen LogP contribution >= 0.6 is 0 Å². The fraction of sp³-hybridized carbons (Fsp3) is 0.500. The summed E-state index contributed by atoms with van der Waals surface area (Å²) in [6.07, 6.45) is 16.3. The van der Waals surface area contributed by atoms with E-state index in [-0.39, 0.29) is 0 Å². The van der Waals surface area contributed by atoms with Crippen molar-refractivity contribution in [3.05, 3.63) is 65.0 Å². The second-order valence-corrected chi connectivity index (χ2v) is 8.53.